The molecule has 0 amide bonds. The molecule has 1 N–H and O–H groups in total. The minimum absolute atomic E-state index is 0.135. The topological polar surface area (TPSA) is 12.0 Å². The van der Waals surface area contributed by atoms with Gasteiger partial charge in [0.05, 0.1) is 6.54 Å². The van der Waals surface area contributed by atoms with Gasteiger partial charge in [-0.3, -0.25) is 0 Å². The molecule has 0 aromatic heterocycles. The van der Waals surface area contributed by atoms with E-state index < -0.39 is 18.9 Å². The van der Waals surface area contributed by atoms with E-state index in [2.05, 4.69) is 5.32 Å². The molecule has 0 spiro atoms. The molecule has 0 aliphatic carbocycles. The fraction of sp³-hybridized carbons (Fsp3) is 0.500. The molecule has 1 aliphatic rings. The van der Waals surface area contributed by atoms with Crippen LogP contribution in [0.2, 0.25) is 0 Å². The average molecular weight is 279 g/mol. The van der Waals surface area contributed by atoms with Gasteiger partial charge in [-0.15, -0.1) is 11.8 Å². The Morgan fingerprint density at radius 3 is 2.72 bits per heavy atom. The molecule has 0 fully saturated rings. The van der Waals surface area contributed by atoms with Gasteiger partial charge >= 0.3 is 12.3 Å². The van der Waals surface area contributed by atoms with E-state index in [1.165, 1.54) is 5.56 Å². The number of alkyl halides is 4. The molecule has 0 saturated carbocycles. The van der Waals surface area contributed by atoms with Crippen LogP contribution in [-0.4, -0.2) is 30.7 Å². The van der Waals surface area contributed by atoms with Crippen molar-refractivity contribution in [3.63, 3.8) is 0 Å². The minimum Gasteiger partial charge on any atom is -0.310 e. The minimum atomic E-state index is -3.95. The van der Waals surface area contributed by atoms with Gasteiger partial charge in [-0.2, -0.15) is 8.78 Å². The fourth-order valence-electron chi connectivity index (χ4n) is 1.84. The Bertz CT molecular complexity index is 386. The van der Waals surface area contributed by atoms with Crippen molar-refractivity contribution in [3.05, 3.63) is 29.8 Å². The van der Waals surface area contributed by atoms with Crippen molar-refractivity contribution in [3.8, 4) is 0 Å². The van der Waals surface area contributed by atoms with E-state index in [-0.39, 0.29) is 5.25 Å². The highest BCUT2D eigenvalue weighted by Gasteiger charge is 2.40. The lowest BCUT2D eigenvalue weighted by Gasteiger charge is -2.17. The standard InChI is InChI=1S/C12H13F4NS/c13-11(14)12(15,16)7-17-6-9-5-8-3-1-2-4-10(8)18-9/h1-4,9,11,17H,5-7H2. The number of benzene rings is 1. The summed E-state index contributed by atoms with van der Waals surface area (Å²) in [6, 6.07) is 7.83. The summed E-state index contributed by atoms with van der Waals surface area (Å²) in [6.07, 6.45) is -2.83. The zero-order chi connectivity index (χ0) is 13.2. The Hall–Kier alpha value is -0.750. The zero-order valence-electron chi connectivity index (χ0n) is 9.51. The Morgan fingerprint density at radius 2 is 2.06 bits per heavy atom. The monoisotopic (exact) mass is 279 g/mol. The highest BCUT2D eigenvalue weighted by molar-refractivity contribution is 8.00. The molecule has 1 aromatic carbocycles. The van der Waals surface area contributed by atoms with E-state index in [4.69, 9.17) is 0 Å². The molecular weight excluding hydrogens is 266 g/mol. The quantitative estimate of drug-likeness (QED) is 0.831. The molecular formula is C12H13F4NS. The van der Waals surface area contributed by atoms with Gasteiger partial charge in [0.1, 0.15) is 0 Å². The van der Waals surface area contributed by atoms with Crippen molar-refractivity contribution in [2.45, 2.75) is 28.9 Å². The SMILES string of the molecule is FC(F)C(F)(F)CNCC1Cc2ccccc2S1. The van der Waals surface area contributed by atoms with E-state index in [1.54, 1.807) is 11.8 Å². The van der Waals surface area contributed by atoms with Gasteiger partial charge in [0.25, 0.3) is 0 Å². The summed E-state index contributed by atoms with van der Waals surface area (Å²) in [7, 11) is 0. The summed E-state index contributed by atoms with van der Waals surface area (Å²) in [5.74, 6) is -3.95. The van der Waals surface area contributed by atoms with Gasteiger partial charge in [-0.1, -0.05) is 18.2 Å². The zero-order valence-corrected chi connectivity index (χ0v) is 10.3. The Morgan fingerprint density at radius 1 is 1.33 bits per heavy atom. The van der Waals surface area contributed by atoms with Gasteiger partial charge in [0.15, 0.2) is 0 Å². The van der Waals surface area contributed by atoms with Crippen LogP contribution < -0.4 is 5.32 Å². The summed E-state index contributed by atoms with van der Waals surface area (Å²) in [5, 5.41) is 2.57. The lowest BCUT2D eigenvalue weighted by Crippen LogP contribution is -2.41. The van der Waals surface area contributed by atoms with E-state index >= 15 is 0 Å². The second-order valence-electron chi connectivity index (χ2n) is 4.24. The Labute approximate surface area is 107 Å². The predicted octanol–water partition coefficient (Wildman–Crippen LogP) is 3.19. The van der Waals surface area contributed by atoms with Crippen LogP contribution in [0, 0.1) is 0 Å². The number of thioether (sulfide) groups is 1. The first kappa shape index (κ1) is 13.7. The van der Waals surface area contributed by atoms with E-state index in [0.29, 0.717) is 6.54 Å². The van der Waals surface area contributed by atoms with Gasteiger partial charge in [-0.25, -0.2) is 8.78 Å². The molecule has 100 valence electrons. The molecule has 0 bridgehead atoms. The fourth-order valence-corrected chi connectivity index (χ4v) is 3.13. The first-order chi connectivity index (χ1) is 8.49. The third kappa shape index (κ3) is 3.17. The highest BCUT2D eigenvalue weighted by Crippen LogP contribution is 2.36. The lowest BCUT2D eigenvalue weighted by atomic mass is 10.1. The summed E-state index contributed by atoms with van der Waals surface area (Å²) < 4.78 is 49.2. The highest BCUT2D eigenvalue weighted by atomic mass is 32.2. The van der Waals surface area contributed by atoms with Gasteiger partial charge < -0.3 is 5.32 Å². The molecule has 1 atom stereocenters. The molecule has 1 aromatic rings. The van der Waals surface area contributed by atoms with Gasteiger partial charge in [-0.05, 0) is 18.1 Å². The van der Waals surface area contributed by atoms with Crippen LogP contribution in [0.1, 0.15) is 5.56 Å². The third-order valence-electron chi connectivity index (χ3n) is 2.77. The second-order valence-corrected chi connectivity index (χ2v) is 5.59. The number of rotatable bonds is 5. The van der Waals surface area contributed by atoms with Crippen LogP contribution in [0.4, 0.5) is 17.6 Å². The van der Waals surface area contributed by atoms with E-state index in [9.17, 15) is 17.6 Å². The first-order valence-electron chi connectivity index (χ1n) is 5.60. The molecule has 1 heterocycles. The number of halogens is 4. The van der Waals surface area contributed by atoms with Crippen LogP contribution in [0.15, 0.2) is 29.2 Å². The van der Waals surface area contributed by atoms with Crippen molar-refractivity contribution in [2.24, 2.45) is 0 Å². The average Bonchev–Trinajstić information content (AvgIpc) is 2.70. The Balaban J connectivity index is 1.78. The second kappa shape index (κ2) is 5.48. The summed E-state index contributed by atoms with van der Waals surface area (Å²) in [4.78, 5) is 1.14. The maximum atomic E-state index is 12.7. The smallest absolute Gasteiger partial charge is 0.310 e. The van der Waals surface area contributed by atoms with E-state index in [1.807, 2.05) is 24.3 Å². The normalized spacial score (nSPS) is 19.3. The van der Waals surface area contributed by atoms with Gasteiger partial charge in [0, 0.05) is 16.7 Å². The number of fused-ring (bicyclic) bond motifs is 1. The van der Waals surface area contributed by atoms with Crippen LogP contribution in [0.5, 0.6) is 0 Å². The third-order valence-corrected chi connectivity index (χ3v) is 4.08. The van der Waals surface area contributed by atoms with E-state index in [0.717, 1.165) is 11.3 Å². The van der Waals surface area contributed by atoms with Crippen LogP contribution in [0.3, 0.4) is 0 Å². The van der Waals surface area contributed by atoms with Crippen LogP contribution in [-0.2, 0) is 6.42 Å². The van der Waals surface area contributed by atoms with Gasteiger partial charge in [0.2, 0.25) is 0 Å². The lowest BCUT2D eigenvalue weighted by molar-refractivity contribution is -0.125. The summed E-state index contributed by atoms with van der Waals surface area (Å²) in [6.45, 7) is -0.667. The molecule has 1 unspecified atom stereocenters. The van der Waals surface area contributed by atoms with Crippen molar-refractivity contribution in [2.75, 3.05) is 13.1 Å². The maximum Gasteiger partial charge on any atom is 0.319 e. The predicted molar refractivity (Wildman–Crippen MR) is 63.6 cm³/mol. The molecule has 6 heteroatoms. The molecule has 1 nitrogen and oxygen atoms in total. The molecule has 0 radical (unpaired) electrons. The molecule has 18 heavy (non-hydrogen) atoms. The summed E-state index contributed by atoms with van der Waals surface area (Å²) in [5.41, 5.74) is 1.19. The van der Waals surface area contributed by atoms with Crippen molar-refractivity contribution in [1.29, 1.82) is 0 Å². The van der Waals surface area contributed by atoms with Crippen LogP contribution in [0.25, 0.3) is 0 Å². The van der Waals surface area contributed by atoms with Crippen molar-refractivity contribution < 1.29 is 17.6 Å². The largest absolute Gasteiger partial charge is 0.319 e. The molecule has 2 rings (SSSR count). The Kier molecular flexibility index (Phi) is 4.17. The summed E-state index contributed by atoms with van der Waals surface area (Å²) >= 11 is 1.60. The maximum absolute atomic E-state index is 12.7. The number of hydrogen-bond acceptors (Lipinski definition) is 2. The van der Waals surface area contributed by atoms with Crippen molar-refractivity contribution >= 4 is 11.8 Å². The van der Waals surface area contributed by atoms with Crippen molar-refractivity contribution in [1.82, 2.24) is 5.32 Å². The van der Waals surface area contributed by atoms with Crippen LogP contribution >= 0.6 is 11.8 Å². The molecule has 1 aliphatic heterocycles. The number of hydrogen-bond donors (Lipinski definition) is 1. The first-order valence-corrected chi connectivity index (χ1v) is 6.48. The number of nitrogens with one attached hydrogen (secondary N) is 1. The molecule has 0 saturated heterocycles.